The van der Waals surface area contributed by atoms with Gasteiger partial charge in [-0.3, -0.25) is 10.2 Å². The van der Waals surface area contributed by atoms with Crippen molar-refractivity contribution in [1.82, 2.24) is 15.2 Å². The number of nitrogens with one attached hydrogen (secondary N) is 1. The van der Waals surface area contributed by atoms with Gasteiger partial charge in [-0.25, -0.2) is 5.84 Å². The van der Waals surface area contributed by atoms with Crippen molar-refractivity contribution < 1.29 is 4.79 Å². The lowest BCUT2D eigenvalue weighted by Gasteiger charge is -2.21. The molecule has 1 aliphatic rings. The first kappa shape index (κ1) is 15.0. The van der Waals surface area contributed by atoms with Crippen molar-refractivity contribution in [2.45, 2.75) is 19.4 Å². The van der Waals surface area contributed by atoms with Crippen LogP contribution in [-0.4, -0.2) is 48.9 Å². The molecule has 0 aromatic heterocycles. The second kappa shape index (κ2) is 7.38. The van der Waals surface area contributed by atoms with Crippen LogP contribution in [0.5, 0.6) is 0 Å². The molecule has 110 valence electrons. The second-order valence-corrected chi connectivity index (χ2v) is 5.46. The molecule has 2 rings (SSSR count). The van der Waals surface area contributed by atoms with Crippen LogP contribution in [0.25, 0.3) is 0 Å². The maximum absolute atomic E-state index is 11.3. The van der Waals surface area contributed by atoms with Crippen LogP contribution in [0.1, 0.15) is 28.8 Å². The molecule has 3 N–H and O–H groups in total. The molecule has 1 aromatic carbocycles. The molecular weight excluding hydrogens is 252 g/mol. The quantitative estimate of drug-likeness (QED) is 0.459. The number of nitrogens with two attached hydrogens (primary N) is 1. The van der Waals surface area contributed by atoms with E-state index in [2.05, 4.69) is 22.3 Å². The van der Waals surface area contributed by atoms with E-state index in [1.807, 2.05) is 24.3 Å². The fourth-order valence-corrected chi connectivity index (χ4v) is 2.55. The first-order valence-corrected chi connectivity index (χ1v) is 7.20. The number of likely N-dealkylation sites (N-methyl/N-ethyl adjacent to an activating group) is 1. The average Bonchev–Trinajstić information content (AvgIpc) is 2.98. The third-order valence-electron chi connectivity index (χ3n) is 3.80. The zero-order chi connectivity index (χ0) is 14.4. The molecule has 5 heteroatoms. The molecule has 0 unspecified atom stereocenters. The van der Waals surface area contributed by atoms with Gasteiger partial charge in [-0.15, -0.1) is 0 Å². The summed E-state index contributed by atoms with van der Waals surface area (Å²) in [5, 5.41) is 0. The molecule has 0 saturated carbocycles. The number of likely N-dealkylation sites (tertiary alicyclic amines) is 1. The van der Waals surface area contributed by atoms with Crippen molar-refractivity contribution in [2.75, 3.05) is 33.2 Å². The maximum atomic E-state index is 11.3. The number of amides is 1. The summed E-state index contributed by atoms with van der Waals surface area (Å²) in [5.41, 5.74) is 3.94. The number of hydrogen-bond donors (Lipinski definition) is 2. The first-order valence-electron chi connectivity index (χ1n) is 7.20. The molecule has 0 aliphatic carbocycles. The van der Waals surface area contributed by atoms with E-state index in [0.29, 0.717) is 5.56 Å². The van der Waals surface area contributed by atoms with E-state index in [0.717, 1.165) is 19.6 Å². The number of benzene rings is 1. The number of nitrogens with zero attached hydrogens (tertiary/aromatic N) is 2. The highest BCUT2D eigenvalue weighted by Crippen LogP contribution is 2.09. The third kappa shape index (κ3) is 4.30. The zero-order valence-electron chi connectivity index (χ0n) is 12.1. The van der Waals surface area contributed by atoms with Crippen LogP contribution in [0, 0.1) is 0 Å². The lowest BCUT2D eigenvalue weighted by Crippen LogP contribution is -2.31. The normalized spacial score (nSPS) is 15.8. The monoisotopic (exact) mass is 276 g/mol. The predicted octanol–water partition coefficient (Wildman–Crippen LogP) is 0.818. The highest BCUT2D eigenvalue weighted by molar-refractivity contribution is 5.93. The van der Waals surface area contributed by atoms with E-state index in [9.17, 15) is 4.79 Å². The Kier molecular flexibility index (Phi) is 5.52. The van der Waals surface area contributed by atoms with Crippen LogP contribution in [0.4, 0.5) is 0 Å². The molecule has 0 spiro atoms. The molecule has 20 heavy (non-hydrogen) atoms. The molecule has 1 saturated heterocycles. The van der Waals surface area contributed by atoms with Crippen LogP contribution in [0.2, 0.25) is 0 Å². The highest BCUT2D eigenvalue weighted by Gasteiger charge is 2.11. The van der Waals surface area contributed by atoms with E-state index in [4.69, 9.17) is 5.84 Å². The van der Waals surface area contributed by atoms with Gasteiger partial charge in [0.2, 0.25) is 0 Å². The Bertz CT molecular complexity index is 426. The van der Waals surface area contributed by atoms with Crippen LogP contribution in [0.15, 0.2) is 24.3 Å². The van der Waals surface area contributed by atoms with E-state index < -0.39 is 0 Å². The zero-order valence-corrected chi connectivity index (χ0v) is 12.1. The van der Waals surface area contributed by atoms with Crippen LogP contribution >= 0.6 is 0 Å². The second-order valence-electron chi connectivity index (χ2n) is 5.46. The van der Waals surface area contributed by atoms with Crippen LogP contribution in [-0.2, 0) is 6.54 Å². The van der Waals surface area contributed by atoms with Gasteiger partial charge in [-0.05, 0) is 50.7 Å². The van der Waals surface area contributed by atoms with Crippen molar-refractivity contribution in [1.29, 1.82) is 0 Å². The fourth-order valence-electron chi connectivity index (χ4n) is 2.55. The lowest BCUT2D eigenvalue weighted by atomic mass is 10.1. The van der Waals surface area contributed by atoms with E-state index >= 15 is 0 Å². The number of nitrogen functional groups attached to an aromatic ring is 1. The van der Waals surface area contributed by atoms with Crippen molar-refractivity contribution in [3.63, 3.8) is 0 Å². The SMILES string of the molecule is CN(CCN1CCCC1)Cc1ccc(C(=O)NN)cc1. The van der Waals surface area contributed by atoms with E-state index in [1.165, 1.54) is 31.5 Å². The Hall–Kier alpha value is -1.43. The smallest absolute Gasteiger partial charge is 0.265 e. The minimum Gasteiger partial charge on any atom is -0.302 e. The largest absolute Gasteiger partial charge is 0.302 e. The van der Waals surface area contributed by atoms with Gasteiger partial charge in [0, 0.05) is 25.2 Å². The Morgan fingerprint density at radius 2 is 1.95 bits per heavy atom. The summed E-state index contributed by atoms with van der Waals surface area (Å²) in [6, 6.07) is 7.59. The molecule has 1 aliphatic heterocycles. The van der Waals surface area contributed by atoms with Gasteiger partial charge >= 0.3 is 0 Å². The van der Waals surface area contributed by atoms with Crippen molar-refractivity contribution >= 4 is 5.91 Å². The van der Waals surface area contributed by atoms with Gasteiger partial charge in [-0.1, -0.05) is 12.1 Å². The van der Waals surface area contributed by atoms with E-state index in [1.54, 1.807) is 0 Å². The third-order valence-corrected chi connectivity index (χ3v) is 3.80. The number of rotatable bonds is 6. The number of hydrogen-bond acceptors (Lipinski definition) is 4. The summed E-state index contributed by atoms with van der Waals surface area (Å²) in [4.78, 5) is 16.2. The minimum absolute atomic E-state index is 0.251. The predicted molar refractivity (Wildman–Crippen MR) is 80.1 cm³/mol. The molecule has 1 aromatic rings. The Labute approximate surface area is 120 Å². The van der Waals surface area contributed by atoms with Gasteiger partial charge < -0.3 is 9.80 Å². The van der Waals surface area contributed by atoms with Crippen LogP contribution in [0.3, 0.4) is 0 Å². The number of carbonyl (C=O) groups excluding carboxylic acids is 1. The molecular formula is C15H24N4O. The fraction of sp³-hybridized carbons (Fsp3) is 0.533. The summed E-state index contributed by atoms with van der Waals surface area (Å²) in [7, 11) is 2.14. The summed E-state index contributed by atoms with van der Waals surface area (Å²) >= 11 is 0. The molecule has 1 heterocycles. The Balaban J connectivity index is 1.78. The topological polar surface area (TPSA) is 61.6 Å². The summed E-state index contributed by atoms with van der Waals surface area (Å²) in [6.07, 6.45) is 2.68. The van der Waals surface area contributed by atoms with Gasteiger partial charge in [0.25, 0.3) is 5.91 Å². The summed E-state index contributed by atoms with van der Waals surface area (Å²) in [6.45, 7) is 5.61. The van der Waals surface area contributed by atoms with Gasteiger partial charge in [0.05, 0.1) is 0 Å². The molecule has 0 bridgehead atoms. The number of carbonyl (C=O) groups is 1. The van der Waals surface area contributed by atoms with E-state index in [-0.39, 0.29) is 5.91 Å². The Morgan fingerprint density at radius 3 is 2.55 bits per heavy atom. The van der Waals surface area contributed by atoms with Gasteiger partial charge in [0.15, 0.2) is 0 Å². The number of hydrazine groups is 1. The summed E-state index contributed by atoms with van der Waals surface area (Å²) < 4.78 is 0. The summed E-state index contributed by atoms with van der Waals surface area (Å²) in [5.74, 6) is 4.86. The molecule has 0 atom stereocenters. The maximum Gasteiger partial charge on any atom is 0.265 e. The standard InChI is InChI=1S/C15H24N4O/c1-18(10-11-19-8-2-3-9-19)12-13-4-6-14(7-5-13)15(20)17-16/h4-7H,2-3,8-12,16H2,1H3,(H,17,20). The Morgan fingerprint density at radius 1 is 1.30 bits per heavy atom. The minimum atomic E-state index is -0.251. The van der Waals surface area contributed by atoms with Crippen LogP contribution < -0.4 is 11.3 Å². The molecule has 5 nitrogen and oxygen atoms in total. The average molecular weight is 276 g/mol. The lowest BCUT2D eigenvalue weighted by molar-refractivity contribution is 0.0953. The highest BCUT2D eigenvalue weighted by atomic mass is 16.2. The molecule has 1 amide bonds. The molecule has 0 radical (unpaired) electrons. The van der Waals surface area contributed by atoms with Gasteiger partial charge in [-0.2, -0.15) is 0 Å². The first-order chi connectivity index (χ1) is 9.69. The van der Waals surface area contributed by atoms with Crippen molar-refractivity contribution in [2.24, 2.45) is 5.84 Å². The van der Waals surface area contributed by atoms with Gasteiger partial charge in [0.1, 0.15) is 0 Å². The van der Waals surface area contributed by atoms with Crippen molar-refractivity contribution in [3.05, 3.63) is 35.4 Å². The molecule has 1 fully saturated rings. The van der Waals surface area contributed by atoms with Crippen molar-refractivity contribution in [3.8, 4) is 0 Å².